The summed E-state index contributed by atoms with van der Waals surface area (Å²) in [5, 5.41) is 3.39. The number of nitrogens with one attached hydrogen (secondary N) is 1. The van der Waals surface area contributed by atoms with Gasteiger partial charge in [-0.1, -0.05) is 13.0 Å². The zero-order valence-corrected chi connectivity index (χ0v) is 11.1. The van der Waals surface area contributed by atoms with Gasteiger partial charge in [0.05, 0.1) is 0 Å². The van der Waals surface area contributed by atoms with Crippen LogP contribution in [0.25, 0.3) is 0 Å². The molecule has 0 saturated heterocycles. The molecule has 96 valence electrons. The van der Waals surface area contributed by atoms with Crippen LogP contribution in [-0.2, 0) is 20.0 Å². The number of rotatable bonds is 6. The van der Waals surface area contributed by atoms with Gasteiger partial charge in [0.15, 0.2) is 0 Å². The fraction of sp³-hybridized carbons (Fsp3) is 0.429. The number of hydrogen-bond acceptors (Lipinski definition) is 3. The molecule has 0 radical (unpaired) electrons. The van der Waals surface area contributed by atoms with Crippen molar-refractivity contribution in [3.8, 4) is 0 Å². The average molecular weight is 244 g/mol. The number of hydrogen-bond donors (Lipinski definition) is 1. The van der Waals surface area contributed by atoms with Crippen LogP contribution in [0.3, 0.4) is 0 Å². The predicted molar refractivity (Wildman–Crippen MR) is 72.2 cm³/mol. The minimum Gasteiger partial charge on any atom is -0.338 e. The Hall–Kier alpha value is -1.68. The van der Waals surface area contributed by atoms with Crippen molar-refractivity contribution >= 4 is 0 Å². The van der Waals surface area contributed by atoms with Crippen LogP contribution in [0.5, 0.6) is 0 Å². The Morgan fingerprint density at radius 2 is 2.11 bits per heavy atom. The van der Waals surface area contributed by atoms with E-state index in [9.17, 15) is 0 Å². The molecule has 1 N–H and O–H groups in total. The van der Waals surface area contributed by atoms with Crippen LogP contribution in [0.2, 0.25) is 0 Å². The third-order valence-electron chi connectivity index (χ3n) is 2.89. The Morgan fingerprint density at radius 3 is 2.83 bits per heavy atom. The van der Waals surface area contributed by atoms with Crippen LogP contribution < -0.4 is 5.32 Å². The SMILES string of the molecule is CCCNCc1cncc(Cc2nccn2C)c1. The molecule has 4 nitrogen and oxygen atoms in total. The maximum atomic E-state index is 4.34. The normalized spacial score (nSPS) is 10.8. The summed E-state index contributed by atoms with van der Waals surface area (Å²) in [7, 11) is 2.02. The van der Waals surface area contributed by atoms with Crippen molar-refractivity contribution in [3.63, 3.8) is 0 Å². The van der Waals surface area contributed by atoms with Gasteiger partial charge in [0, 0.05) is 44.8 Å². The van der Waals surface area contributed by atoms with Crippen LogP contribution >= 0.6 is 0 Å². The summed E-state index contributed by atoms with van der Waals surface area (Å²) < 4.78 is 2.04. The summed E-state index contributed by atoms with van der Waals surface area (Å²) in [6.45, 7) is 4.10. The fourth-order valence-electron chi connectivity index (χ4n) is 1.89. The van der Waals surface area contributed by atoms with Crippen molar-refractivity contribution in [1.82, 2.24) is 19.9 Å². The van der Waals surface area contributed by atoms with E-state index in [1.54, 1.807) is 0 Å². The molecule has 2 aromatic rings. The van der Waals surface area contributed by atoms with E-state index in [4.69, 9.17) is 0 Å². The average Bonchev–Trinajstić information content (AvgIpc) is 2.76. The number of pyridine rings is 1. The fourth-order valence-corrected chi connectivity index (χ4v) is 1.89. The van der Waals surface area contributed by atoms with Crippen molar-refractivity contribution in [2.45, 2.75) is 26.3 Å². The van der Waals surface area contributed by atoms with Crippen molar-refractivity contribution < 1.29 is 0 Å². The highest BCUT2D eigenvalue weighted by Gasteiger charge is 2.02. The lowest BCUT2D eigenvalue weighted by Crippen LogP contribution is -2.14. The maximum absolute atomic E-state index is 4.34. The molecule has 0 aliphatic carbocycles. The van der Waals surface area contributed by atoms with E-state index >= 15 is 0 Å². The first-order chi connectivity index (χ1) is 8.79. The summed E-state index contributed by atoms with van der Waals surface area (Å²) in [4.78, 5) is 8.63. The van der Waals surface area contributed by atoms with Gasteiger partial charge in [-0.25, -0.2) is 4.98 Å². The minimum absolute atomic E-state index is 0.831. The first-order valence-electron chi connectivity index (χ1n) is 6.39. The Kier molecular flexibility index (Phi) is 4.47. The molecule has 0 aromatic carbocycles. The predicted octanol–water partition coefficient (Wildman–Crippen LogP) is 1.91. The molecule has 4 heteroatoms. The number of imidazole rings is 1. The van der Waals surface area contributed by atoms with Crippen LogP contribution in [0.15, 0.2) is 30.9 Å². The second-order valence-electron chi connectivity index (χ2n) is 4.51. The smallest absolute Gasteiger partial charge is 0.112 e. The van der Waals surface area contributed by atoms with Gasteiger partial charge in [-0.05, 0) is 24.1 Å². The Labute approximate surface area is 108 Å². The maximum Gasteiger partial charge on any atom is 0.112 e. The van der Waals surface area contributed by atoms with Crippen LogP contribution in [0.4, 0.5) is 0 Å². The minimum atomic E-state index is 0.831. The van der Waals surface area contributed by atoms with E-state index in [-0.39, 0.29) is 0 Å². The van der Waals surface area contributed by atoms with Gasteiger partial charge in [0.2, 0.25) is 0 Å². The second kappa shape index (κ2) is 6.31. The van der Waals surface area contributed by atoms with E-state index in [1.807, 2.05) is 36.4 Å². The van der Waals surface area contributed by atoms with Gasteiger partial charge in [-0.15, -0.1) is 0 Å². The van der Waals surface area contributed by atoms with Gasteiger partial charge >= 0.3 is 0 Å². The first-order valence-corrected chi connectivity index (χ1v) is 6.39. The van der Waals surface area contributed by atoms with E-state index in [0.717, 1.165) is 31.8 Å². The summed E-state index contributed by atoms with van der Waals surface area (Å²) in [6.07, 6.45) is 9.62. The molecule has 2 rings (SSSR count). The lowest BCUT2D eigenvalue weighted by Gasteiger charge is -2.06. The topological polar surface area (TPSA) is 42.7 Å². The molecule has 2 heterocycles. The molecule has 2 aromatic heterocycles. The monoisotopic (exact) mass is 244 g/mol. The van der Waals surface area contributed by atoms with Crippen LogP contribution in [0, 0.1) is 0 Å². The second-order valence-corrected chi connectivity index (χ2v) is 4.51. The van der Waals surface area contributed by atoms with Crippen LogP contribution in [-0.4, -0.2) is 21.1 Å². The summed E-state index contributed by atoms with van der Waals surface area (Å²) in [5.41, 5.74) is 2.44. The molecule has 18 heavy (non-hydrogen) atoms. The van der Waals surface area contributed by atoms with Gasteiger partial charge in [-0.3, -0.25) is 4.98 Å². The van der Waals surface area contributed by atoms with E-state index in [2.05, 4.69) is 28.3 Å². The molecule has 0 spiro atoms. The lowest BCUT2D eigenvalue weighted by atomic mass is 10.1. The molecule has 0 fully saturated rings. The third kappa shape index (κ3) is 3.40. The van der Waals surface area contributed by atoms with Gasteiger partial charge < -0.3 is 9.88 Å². The molecular formula is C14H20N4. The largest absolute Gasteiger partial charge is 0.338 e. The summed E-state index contributed by atoms with van der Waals surface area (Å²) in [6, 6.07) is 2.20. The molecular weight excluding hydrogens is 224 g/mol. The Morgan fingerprint density at radius 1 is 1.28 bits per heavy atom. The zero-order valence-electron chi connectivity index (χ0n) is 11.1. The van der Waals surface area contributed by atoms with Crippen molar-refractivity contribution in [2.24, 2.45) is 7.05 Å². The van der Waals surface area contributed by atoms with Crippen LogP contribution in [0.1, 0.15) is 30.3 Å². The molecule has 0 aliphatic heterocycles. The highest BCUT2D eigenvalue weighted by Crippen LogP contribution is 2.08. The molecule has 0 amide bonds. The van der Waals surface area contributed by atoms with E-state index < -0.39 is 0 Å². The zero-order chi connectivity index (χ0) is 12.8. The van der Waals surface area contributed by atoms with Gasteiger partial charge in [0.1, 0.15) is 5.82 Å². The third-order valence-corrected chi connectivity index (χ3v) is 2.89. The molecule has 0 aliphatic rings. The Balaban J connectivity index is 2.01. The molecule has 0 atom stereocenters. The standard InChI is InChI=1S/C14H20N4/c1-3-4-15-10-13-7-12(9-16-11-13)8-14-17-5-6-18(14)2/h5-7,9,11,15H,3-4,8,10H2,1-2H3. The Bertz CT molecular complexity index is 490. The lowest BCUT2D eigenvalue weighted by molar-refractivity contribution is 0.673. The summed E-state index contributed by atoms with van der Waals surface area (Å²) in [5.74, 6) is 1.07. The van der Waals surface area contributed by atoms with E-state index in [1.165, 1.54) is 11.1 Å². The van der Waals surface area contributed by atoms with Crippen molar-refractivity contribution in [1.29, 1.82) is 0 Å². The molecule has 0 bridgehead atoms. The van der Waals surface area contributed by atoms with Gasteiger partial charge in [-0.2, -0.15) is 0 Å². The highest BCUT2D eigenvalue weighted by molar-refractivity contribution is 5.21. The van der Waals surface area contributed by atoms with Crippen molar-refractivity contribution in [2.75, 3.05) is 6.54 Å². The number of aromatic nitrogens is 3. The van der Waals surface area contributed by atoms with E-state index in [0.29, 0.717) is 0 Å². The number of nitrogens with zero attached hydrogens (tertiary/aromatic N) is 3. The molecule has 0 saturated carbocycles. The summed E-state index contributed by atoms with van der Waals surface area (Å²) >= 11 is 0. The first kappa shape index (κ1) is 12.8. The quantitative estimate of drug-likeness (QED) is 0.789. The number of aryl methyl sites for hydroxylation is 1. The highest BCUT2D eigenvalue weighted by atomic mass is 15.0. The molecule has 0 unspecified atom stereocenters. The van der Waals surface area contributed by atoms with Crippen molar-refractivity contribution in [3.05, 3.63) is 47.8 Å². The van der Waals surface area contributed by atoms with Gasteiger partial charge in [0.25, 0.3) is 0 Å².